The van der Waals surface area contributed by atoms with Crippen molar-refractivity contribution in [2.45, 2.75) is 13.1 Å². The van der Waals surface area contributed by atoms with Crippen molar-refractivity contribution in [3.63, 3.8) is 0 Å². The van der Waals surface area contributed by atoms with E-state index < -0.39 is 30.1 Å². The van der Waals surface area contributed by atoms with Crippen LogP contribution in [0.15, 0.2) is 53.4 Å². The molecule has 150 valence electrons. The number of benzene rings is 2. The molecule has 1 aliphatic heterocycles. The van der Waals surface area contributed by atoms with Gasteiger partial charge in [0.1, 0.15) is 10.9 Å². The summed E-state index contributed by atoms with van der Waals surface area (Å²) in [5, 5.41) is 2.21. The molecule has 0 aromatic heterocycles. The van der Waals surface area contributed by atoms with E-state index in [0.29, 0.717) is 4.91 Å². The number of amides is 2. The Balaban J connectivity index is 1.72. The molecule has 1 aliphatic rings. The Morgan fingerprint density at radius 3 is 2.48 bits per heavy atom. The molecule has 2 aromatic carbocycles. The number of hydrogen-bond donors (Lipinski definition) is 1. The smallest absolute Gasteiger partial charge is 0.324 e. The lowest BCUT2D eigenvalue weighted by atomic mass is 10.1. The van der Waals surface area contributed by atoms with Gasteiger partial charge in [0.05, 0.1) is 16.2 Å². The molecule has 0 atom stereocenters. The van der Waals surface area contributed by atoms with Gasteiger partial charge in [-0.3, -0.25) is 14.5 Å². The van der Waals surface area contributed by atoms with Crippen LogP contribution in [-0.2, 0) is 15.8 Å². The first-order valence-corrected chi connectivity index (χ1v) is 9.66. The summed E-state index contributed by atoms with van der Waals surface area (Å²) in [5.41, 5.74) is 0.550. The van der Waals surface area contributed by atoms with Crippen molar-refractivity contribution in [2.24, 2.45) is 0 Å². The lowest BCUT2D eigenvalue weighted by Crippen LogP contribution is -2.36. The fourth-order valence-corrected chi connectivity index (χ4v) is 3.88. The molecular formula is C20H15F3N2O2S2. The number of para-hydroxylation sites is 1. The number of alkyl halides is 3. The van der Waals surface area contributed by atoms with Gasteiger partial charge in [-0.2, -0.15) is 13.2 Å². The molecule has 3 rings (SSSR count). The van der Waals surface area contributed by atoms with Crippen molar-refractivity contribution in [3.8, 4) is 0 Å². The van der Waals surface area contributed by atoms with Crippen LogP contribution in [0.2, 0.25) is 0 Å². The predicted octanol–water partition coefficient (Wildman–Crippen LogP) is 4.85. The predicted molar refractivity (Wildman–Crippen MR) is 111 cm³/mol. The molecule has 0 spiro atoms. The zero-order valence-corrected chi connectivity index (χ0v) is 16.8. The topological polar surface area (TPSA) is 49.4 Å². The van der Waals surface area contributed by atoms with Crippen LogP contribution in [0.25, 0.3) is 6.08 Å². The van der Waals surface area contributed by atoms with Crippen molar-refractivity contribution in [1.29, 1.82) is 0 Å². The van der Waals surface area contributed by atoms with Crippen LogP contribution in [0, 0.1) is 6.92 Å². The number of nitrogens with zero attached hydrogens (tertiary/aromatic N) is 1. The lowest BCUT2D eigenvalue weighted by molar-refractivity contribution is -0.137. The number of carbonyl (C=O) groups excluding carboxylic acids is 2. The highest BCUT2D eigenvalue weighted by Crippen LogP contribution is 2.35. The van der Waals surface area contributed by atoms with Crippen LogP contribution in [0.4, 0.5) is 18.9 Å². The van der Waals surface area contributed by atoms with Crippen molar-refractivity contribution in [1.82, 2.24) is 4.90 Å². The van der Waals surface area contributed by atoms with Crippen LogP contribution in [0.5, 0.6) is 0 Å². The van der Waals surface area contributed by atoms with Crippen molar-refractivity contribution >= 4 is 51.9 Å². The van der Waals surface area contributed by atoms with Gasteiger partial charge < -0.3 is 5.32 Å². The second kappa shape index (κ2) is 8.38. The van der Waals surface area contributed by atoms with Gasteiger partial charge in [0, 0.05) is 0 Å². The van der Waals surface area contributed by atoms with E-state index >= 15 is 0 Å². The maximum atomic E-state index is 13.1. The summed E-state index contributed by atoms with van der Waals surface area (Å²) in [4.78, 5) is 26.3. The highest BCUT2D eigenvalue weighted by Gasteiger charge is 2.35. The fourth-order valence-electron chi connectivity index (χ4n) is 2.62. The second-order valence-electron chi connectivity index (χ2n) is 6.27. The summed E-state index contributed by atoms with van der Waals surface area (Å²) in [6.07, 6.45) is -2.95. The summed E-state index contributed by atoms with van der Waals surface area (Å²) < 4.78 is 39.4. The third kappa shape index (κ3) is 5.04. The number of hydrogen-bond acceptors (Lipinski definition) is 4. The molecular weight excluding hydrogens is 421 g/mol. The monoisotopic (exact) mass is 436 g/mol. The quantitative estimate of drug-likeness (QED) is 0.550. The number of rotatable bonds is 4. The van der Waals surface area contributed by atoms with Crippen molar-refractivity contribution < 1.29 is 22.8 Å². The fraction of sp³-hybridized carbons (Fsp3) is 0.150. The molecule has 0 unspecified atom stereocenters. The van der Waals surface area contributed by atoms with Crippen LogP contribution in [0.3, 0.4) is 0 Å². The third-order valence-corrected chi connectivity index (χ3v) is 5.43. The lowest BCUT2D eigenvalue weighted by Gasteiger charge is -2.16. The zero-order valence-electron chi connectivity index (χ0n) is 15.1. The standard InChI is InChI=1S/C20H15F3N2O2S2/c1-12-6-8-13(9-7-12)10-16-18(27)25(19(28)29-16)11-17(26)24-15-5-3-2-4-14(15)20(21,22)23/h2-10H,11H2,1H3,(H,24,26). The molecule has 0 aliphatic carbocycles. The first-order chi connectivity index (χ1) is 13.6. The summed E-state index contributed by atoms with van der Waals surface area (Å²) in [5.74, 6) is -1.23. The van der Waals surface area contributed by atoms with E-state index in [0.717, 1.165) is 39.9 Å². The Morgan fingerprint density at radius 1 is 1.17 bits per heavy atom. The Morgan fingerprint density at radius 2 is 1.83 bits per heavy atom. The minimum atomic E-state index is -4.61. The molecule has 1 fully saturated rings. The van der Waals surface area contributed by atoms with E-state index in [1.807, 2.05) is 31.2 Å². The molecule has 2 amide bonds. The van der Waals surface area contributed by atoms with Gasteiger partial charge in [-0.25, -0.2) is 0 Å². The SMILES string of the molecule is Cc1ccc(C=C2SC(=S)N(CC(=O)Nc3ccccc3C(F)(F)F)C2=O)cc1. The van der Waals surface area contributed by atoms with Crippen LogP contribution < -0.4 is 5.32 Å². The zero-order chi connectivity index (χ0) is 21.2. The Kier molecular flexibility index (Phi) is 6.09. The number of thioether (sulfide) groups is 1. The molecule has 1 heterocycles. The molecule has 29 heavy (non-hydrogen) atoms. The number of halogens is 3. The van der Waals surface area contributed by atoms with E-state index in [-0.39, 0.29) is 10.0 Å². The summed E-state index contributed by atoms with van der Waals surface area (Å²) >= 11 is 6.21. The van der Waals surface area contributed by atoms with E-state index in [4.69, 9.17) is 12.2 Å². The molecule has 1 saturated heterocycles. The van der Waals surface area contributed by atoms with E-state index in [2.05, 4.69) is 5.32 Å². The molecule has 1 N–H and O–H groups in total. The first kappa shape index (κ1) is 21.1. The van der Waals surface area contributed by atoms with E-state index in [1.54, 1.807) is 6.08 Å². The number of carbonyl (C=O) groups is 2. The molecule has 0 radical (unpaired) electrons. The largest absolute Gasteiger partial charge is 0.418 e. The van der Waals surface area contributed by atoms with Crippen LogP contribution in [-0.4, -0.2) is 27.6 Å². The highest BCUT2D eigenvalue weighted by atomic mass is 32.2. The first-order valence-electron chi connectivity index (χ1n) is 8.43. The minimum absolute atomic E-state index is 0.174. The average Bonchev–Trinajstić information content (AvgIpc) is 2.90. The van der Waals surface area contributed by atoms with Gasteiger partial charge in [0.15, 0.2) is 0 Å². The minimum Gasteiger partial charge on any atom is -0.324 e. The number of aryl methyl sites for hydroxylation is 1. The second-order valence-corrected chi connectivity index (χ2v) is 7.95. The van der Waals surface area contributed by atoms with E-state index in [9.17, 15) is 22.8 Å². The van der Waals surface area contributed by atoms with Gasteiger partial charge in [-0.05, 0) is 30.7 Å². The van der Waals surface area contributed by atoms with Crippen molar-refractivity contribution in [3.05, 3.63) is 70.1 Å². The maximum Gasteiger partial charge on any atom is 0.418 e. The third-order valence-electron chi connectivity index (χ3n) is 4.06. The summed E-state index contributed by atoms with van der Waals surface area (Å²) in [7, 11) is 0. The number of anilines is 1. The molecule has 9 heteroatoms. The average molecular weight is 436 g/mol. The molecule has 0 saturated carbocycles. The molecule has 0 bridgehead atoms. The highest BCUT2D eigenvalue weighted by molar-refractivity contribution is 8.26. The molecule has 2 aromatic rings. The summed E-state index contributed by atoms with van der Waals surface area (Å²) in [6, 6.07) is 12.1. The van der Waals surface area contributed by atoms with Gasteiger partial charge >= 0.3 is 6.18 Å². The Hall–Kier alpha value is -2.65. The van der Waals surface area contributed by atoms with Gasteiger partial charge in [-0.1, -0.05) is 65.9 Å². The number of nitrogens with one attached hydrogen (secondary N) is 1. The Bertz CT molecular complexity index is 1000. The Labute approximate surface area is 174 Å². The van der Waals surface area contributed by atoms with E-state index in [1.165, 1.54) is 12.1 Å². The van der Waals surface area contributed by atoms with Crippen LogP contribution >= 0.6 is 24.0 Å². The van der Waals surface area contributed by atoms with Gasteiger partial charge in [-0.15, -0.1) is 0 Å². The van der Waals surface area contributed by atoms with Crippen molar-refractivity contribution in [2.75, 3.05) is 11.9 Å². The summed E-state index contributed by atoms with van der Waals surface area (Å²) in [6.45, 7) is 1.47. The molecule has 4 nitrogen and oxygen atoms in total. The van der Waals surface area contributed by atoms with Gasteiger partial charge in [0.2, 0.25) is 5.91 Å². The van der Waals surface area contributed by atoms with Gasteiger partial charge in [0.25, 0.3) is 5.91 Å². The van der Waals surface area contributed by atoms with Crippen LogP contribution in [0.1, 0.15) is 16.7 Å². The normalized spacial score (nSPS) is 15.9. The maximum absolute atomic E-state index is 13.1. The number of thiocarbonyl (C=S) groups is 1.